The molecule has 0 spiro atoms. The number of rotatable bonds is 6. The average Bonchev–Trinajstić information content (AvgIpc) is 3.51. The van der Waals surface area contributed by atoms with Crippen LogP contribution in [0, 0.1) is 11.7 Å². The van der Waals surface area contributed by atoms with E-state index in [0.29, 0.717) is 37.4 Å². The molecule has 32 heavy (non-hydrogen) atoms. The summed E-state index contributed by atoms with van der Waals surface area (Å²) in [5.41, 5.74) is 0.402. The minimum Gasteiger partial charge on any atom is -0.467 e. The van der Waals surface area contributed by atoms with Crippen molar-refractivity contribution in [2.75, 3.05) is 18.4 Å². The predicted octanol–water partition coefficient (Wildman–Crippen LogP) is 2.69. The Labute approximate surface area is 186 Å². The molecule has 3 aromatic rings. The van der Waals surface area contributed by atoms with E-state index < -0.39 is 11.7 Å². The predicted molar refractivity (Wildman–Crippen MR) is 113 cm³/mol. The third kappa shape index (κ3) is 5.17. The molecule has 2 aromatic heterocycles. The van der Waals surface area contributed by atoms with Crippen LogP contribution in [0.25, 0.3) is 0 Å². The van der Waals surface area contributed by atoms with Gasteiger partial charge in [0.2, 0.25) is 15.9 Å². The summed E-state index contributed by atoms with van der Waals surface area (Å²) in [5, 5.41) is 13.2. The second-order valence-corrected chi connectivity index (χ2v) is 8.24. The molecule has 2 N–H and O–H groups in total. The summed E-state index contributed by atoms with van der Waals surface area (Å²) in [6.07, 6.45) is 2.90. The van der Waals surface area contributed by atoms with E-state index in [1.807, 2.05) is 0 Å². The van der Waals surface area contributed by atoms with Gasteiger partial charge < -0.3 is 20.0 Å². The molecule has 1 aliphatic rings. The Kier molecular flexibility index (Phi) is 6.55. The number of carbonyl (C=O) groups is 3. The number of carbonyl (C=O) groups excluding carboxylic acids is 3. The lowest BCUT2D eigenvalue weighted by atomic mass is 9.97. The fourth-order valence-corrected chi connectivity index (χ4v) is 4.07. The van der Waals surface area contributed by atoms with Crippen molar-refractivity contribution < 1.29 is 23.2 Å². The Morgan fingerprint density at radius 3 is 2.69 bits per heavy atom. The van der Waals surface area contributed by atoms with Gasteiger partial charge in [-0.1, -0.05) is 11.3 Å². The van der Waals surface area contributed by atoms with Gasteiger partial charge in [-0.2, -0.15) is 0 Å². The van der Waals surface area contributed by atoms with Crippen LogP contribution in [0.3, 0.4) is 0 Å². The van der Waals surface area contributed by atoms with E-state index in [0.717, 1.165) is 11.3 Å². The fourth-order valence-electron chi connectivity index (χ4n) is 3.36. The van der Waals surface area contributed by atoms with Crippen molar-refractivity contribution in [3.63, 3.8) is 0 Å². The van der Waals surface area contributed by atoms with E-state index in [4.69, 9.17) is 4.42 Å². The number of hydrogen-bond donors (Lipinski definition) is 2. The summed E-state index contributed by atoms with van der Waals surface area (Å²) < 4.78 is 18.2. The highest BCUT2D eigenvalue weighted by Gasteiger charge is 2.31. The van der Waals surface area contributed by atoms with E-state index in [1.165, 1.54) is 24.3 Å². The van der Waals surface area contributed by atoms with Gasteiger partial charge in [0.25, 0.3) is 11.8 Å². The van der Waals surface area contributed by atoms with Crippen molar-refractivity contribution in [1.29, 1.82) is 0 Å². The van der Waals surface area contributed by atoms with Crippen molar-refractivity contribution in [3.8, 4) is 0 Å². The lowest BCUT2D eigenvalue weighted by Crippen LogP contribution is -2.45. The zero-order valence-electron chi connectivity index (χ0n) is 16.9. The first kappa shape index (κ1) is 21.6. The number of halogens is 1. The number of nitrogens with one attached hydrogen (secondary N) is 2. The number of amides is 3. The molecule has 0 aliphatic carbocycles. The molecule has 1 saturated heterocycles. The van der Waals surface area contributed by atoms with Crippen LogP contribution in [-0.2, 0) is 11.3 Å². The highest BCUT2D eigenvalue weighted by Crippen LogP contribution is 2.21. The van der Waals surface area contributed by atoms with E-state index in [9.17, 15) is 18.8 Å². The minimum absolute atomic E-state index is 0.0161. The number of benzene rings is 1. The quantitative estimate of drug-likeness (QED) is 0.588. The summed E-state index contributed by atoms with van der Waals surface area (Å²) in [4.78, 5) is 39.2. The number of likely N-dealkylation sites (tertiary alicyclic amines) is 1. The van der Waals surface area contributed by atoms with E-state index >= 15 is 0 Å². The summed E-state index contributed by atoms with van der Waals surface area (Å²) in [6, 6.07) is 8.82. The molecule has 11 heteroatoms. The molecule has 1 atom stereocenters. The first-order chi connectivity index (χ1) is 15.5. The molecular formula is C21H20FN5O4S. The Balaban J connectivity index is 1.34. The van der Waals surface area contributed by atoms with Gasteiger partial charge >= 0.3 is 0 Å². The van der Waals surface area contributed by atoms with Crippen molar-refractivity contribution in [1.82, 2.24) is 20.4 Å². The lowest BCUT2D eigenvalue weighted by Gasteiger charge is -2.31. The smallest absolute Gasteiger partial charge is 0.286 e. The van der Waals surface area contributed by atoms with Crippen molar-refractivity contribution in [3.05, 3.63) is 64.3 Å². The summed E-state index contributed by atoms with van der Waals surface area (Å²) in [6.45, 7) is 1.05. The summed E-state index contributed by atoms with van der Waals surface area (Å²) in [7, 11) is 0. The maximum Gasteiger partial charge on any atom is 0.286 e. The summed E-state index contributed by atoms with van der Waals surface area (Å²) in [5.74, 6) is -1.15. The number of furan rings is 1. The molecule has 1 aromatic carbocycles. The van der Waals surface area contributed by atoms with E-state index in [1.54, 1.807) is 23.3 Å². The SMILES string of the molecule is O=C(Nc1ccc(F)cc1)c1nnc(C(=O)N2CCC[C@@H](C(=O)NCc3ccco3)C2)s1. The van der Waals surface area contributed by atoms with Crippen molar-refractivity contribution >= 4 is 34.7 Å². The van der Waals surface area contributed by atoms with Gasteiger partial charge in [0.1, 0.15) is 11.6 Å². The number of aromatic nitrogens is 2. The highest BCUT2D eigenvalue weighted by molar-refractivity contribution is 7.15. The fraction of sp³-hybridized carbons (Fsp3) is 0.286. The Bertz CT molecular complexity index is 1100. The van der Waals surface area contributed by atoms with Crippen LogP contribution >= 0.6 is 11.3 Å². The molecular weight excluding hydrogens is 437 g/mol. The standard InChI is InChI=1S/C21H20FN5O4S/c22-14-5-7-15(8-6-14)24-18(29)19-25-26-20(32-19)21(30)27-9-1-3-13(12-27)17(28)23-11-16-4-2-10-31-16/h2,4-8,10,13H,1,3,9,11-12H2,(H,23,28)(H,24,29)/t13-/m1/s1. The van der Waals surface area contributed by atoms with E-state index in [-0.39, 0.29) is 34.3 Å². The van der Waals surface area contributed by atoms with Crippen LogP contribution in [0.5, 0.6) is 0 Å². The first-order valence-corrected chi connectivity index (χ1v) is 10.8. The first-order valence-electron chi connectivity index (χ1n) is 9.99. The average molecular weight is 457 g/mol. The van der Waals surface area contributed by atoms with Gasteiger partial charge in [0.05, 0.1) is 18.7 Å². The van der Waals surface area contributed by atoms with Crippen molar-refractivity contribution in [2.45, 2.75) is 19.4 Å². The van der Waals surface area contributed by atoms with Crippen LogP contribution in [0.15, 0.2) is 47.1 Å². The third-order valence-electron chi connectivity index (χ3n) is 5.00. The van der Waals surface area contributed by atoms with Gasteiger partial charge in [0, 0.05) is 18.8 Å². The van der Waals surface area contributed by atoms with Crippen LogP contribution in [0.2, 0.25) is 0 Å². The second kappa shape index (κ2) is 9.69. The summed E-state index contributed by atoms with van der Waals surface area (Å²) >= 11 is 0.871. The minimum atomic E-state index is -0.540. The monoisotopic (exact) mass is 457 g/mol. The highest BCUT2D eigenvalue weighted by atomic mass is 32.1. The Morgan fingerprint density at radius 1 is 1.16 bits per heavy atom. The zero-order chi connectivity index (χ0) is 22.5. The van der Waals surface area contributed by atoms with Gasteiger partial charge in [-0.25, -0.2) is 4.39 Å². The van der Waals surface area contributed by atoms with E-state index in [2.05, 4.69) is 20.8 Å². The van der Waals surface area contributed by atoms with Crippen LogP contribution in [0.4, 0.5) is 10.1 Å². The largest absolute Gasteiger partial charge is 0.467 e. The molecule has 3 amide bonds. The number of piperidine rings is 1. The van der Waals surface area contributed by atoms with Crippen LogP contribution in [-0.4, -0.2) is 45.9 Å². The topological polar surface area (TPSA) is 117 Å². The van der Waals surface area contributed by atoms with Gasteiger partial charge in [-0.3, -0.25) is 14.4 Å². The van der Waals surface area contributed by atoms with Crippen LogP contribution in [0.1, 0.15) is 38.2 Å². The Hall–Kier alpha value is -3.60. The number of nitrogens with zero attached hydrogens (tertiary/aromatic N) is 3. The van der Waals surface area contributed by atoms with Crippen molar-refractivity contribution in [2.24, 2.45) is 5.92 Å². The molecule has 1 aliphatic heterocycles. The molecule has 4 rings (SSSR count). The maximum absolute atomic E-state index is 13.0. The van der Waals surface area contributed by atoms with Gasteiger partial charge in [0.15, 0.2) is 0 Å². The zero-order valence-corrected chi connectivity index (χ0v) is 17.7. The van der Waals surface area contributed by atoms with Gasteiger partial charge in [-0.05, 0) is 49.2 Å². The molecule has 0 bridgehead atoms. The number of anilines is 1. The van der Waals surface area contributed by atoms with Gasteiger partial charge in [-0.15, -0.1) is 10.2 Å². The molecule has 0 unspecified atom stereocenters. The normalized spacial score (nSPS) is 15.9. The molecule has 166 valence electrons. The van der Waals surface area contributed by atoms with Crippen LogP contribution < -0.4 is 10.6 Å². The molecule has 0 saturated carbocycles. The Morgan fingerprint density at radius 2 is 1.94 bits per heavy atom. The molecule has 3 heterocycles. The molecule has 0 radical (unpaired) electrons. The second-order valence-electron chi connectivity index (χ2n) is 7.26. The number of hydrogen-bond acceptors (Lipinski definition) is 7. The maximum atomic E-state index is 13.0. The third-order valence-corrected chi connectivity index (χ3v) is 5.91. The molecule has 9 nitrogen and oxygen atoms in total. The molecule has 1 fully saturated rings. The lowest BCUT2D eigenvalue weighted by molar-refractivity contribution is -0.126.